The van der Waals surface area contributed by atoms with E-state index in [9.17, 15) is 9.59 Å². The highest BCUT2D eigenvalue weighted by atomic mass is 79.9. The second-order valence-corrected chi connectivity index (χ2v) is 5.76. The predicted molar refractivity (Wildman–Crippen MR) is 95.7 cm³/mol. The number of amides is 2. The van der Waals surface area contributed by atoms with Gasteiger partial charge < -0.3 is 16.0 Å². The standard InChI is InChI=1S/C17H18BrN3O2/c1-2-19-17(23)12-4-3-5-15(10-12)20-11-16(22)21-14-8-6-13(18)7-9-14/h3-10,20H,2,11H2,1H3,(H,19,23)(H,21,22). The molecule has 0 unspecified atom stereocenters. The van der Waals surface area contributed by atoms with Gasteiger partial charge >= 0.3 is 0 Å². The molecule has 0 aliphatic heterocycles. The van der Waals surface area contributed by atoms with Gasteiger partial charge in [0.05, 0.1) is 6.54 Å². The Bertz CT molecular complexity index is 686. The second kappa shape index (κ2) is 8.33. The number of anilines is 2. The number of rotatable bonds is 6. The van der Waals surface area contributed by atoms with E-state index in [2.05, 4.69) is 31.9 Å². The summed E-state index contributed by atoms with van der Waals surface area (Å²) in [6.07, 6.45) is 0. The van der Waals surface area contributed by atoms with E-state index in [0.29, 0.717) is 12.1 Å². The molecule has 3 N–H and O–H groups in total. The summed E-state index contributed by atoms with van der Waals surface area (Å²) in [6, 6.07) is 14.4. The summed E-state index contributed by atoms with van der Waals surface area (Å²) in [5.41, 5.74) is 2.01. The number of nitrogens with one attached hydrogen (secondary N) is 3. The summed E-state index contributed by atoms with van der Waals surface area (Å²) in [5.74, 6) is -0.286. The molecule has 2 aromatic rings. The molecule has 0 bridgehead atoms. The molecule has 5 nitrogen and oxygen atoms in total. The molecule has 2 rings (SSSR count). The van der Waals surface area contributed by atoms with Gasteiger partial charge in [-0.05, 0) is 49.4 Å². The lowest BCUT2D eigenvalue weighted by molar-refractivity contribution is -0.114. The van der Waals surface area contributed by atoms with Crippen molar-refractivity contribution in [2.75, 3.05) is 23.7 Å². The van der Waals surface area contributed by atoms with Crippen molar-refractivity contribution in [3.8, 4) is 0 Å². The average molecular weight is 376 g/mol. The molecule has 0 aliphatic carbocycles. The van der Waals surface area contributed by atoms with E-state index in [1.165, 1.54) is 0 Å². The van der Waals surface area contributed by atoms with E-state index in [4.69, 9.17) is 0 Å². The number of hydrogen-bond donors (Lipinski definition) is 3. The Morgan fingerprint density at radius 1 is 1.04 bits per heavy atom. The summed E-state index contributed by atoms with van der Waals surface area (Å²) in [7, 11) is 0. The molecule has 2 aromatic carbocycles. The number of halogens is 1. The minimum atomic E-state index is -0.157. The Labute approximate surface area is 143 Å². The van der Waals surface area contributed by atoms with E-state index in [-0.39, 0.29) is 18.4 Å². The molecule has 0 fully saturated rings. The Hall–Kier alpha value is -2.34. The van der Waals surface area contributed by atoms with Crippen LogP contribution in [0.1, 0.15) is 17.3 Å². The number of carbonyl (C=O) groups is 2. The summed E-state index contributed by atoms with van der Waals surface area (Å²) in [6.45, 7) is 2.56. The molecule has 0 heterocycles. The highest BCUT2D eigenvalue weighted by molar-refractivity contribution is 9.10. The first-order chi connectivity index (χ1) is 11.1. The van der Waals surface area contributed by atoms with Crippen LogP contribution in [0.4, 0.5) is 11.4 Å². The zero-order valence-corrected chi connectivity index (χ0v) is 14.3. The van der Waals surface area contributed by atoms with Gasteiger partial charge in [0, 0.05) is 28.0 Å². The normalized spacial score (nSPS) is 10.0. The van der Waals surface area contributed by atoms with Gasteiger partial charge in [-0.3, -0.25) is 9.59 Å². The molecular formula is C17H18BrN3O2. The van der Waals surface area contributed by atoms with Gasteiger partial charge in [-0.15, -0.1) is 0 Å². The van der Waals surface area contributed by atoms with Crippen molar-refractivity contribution < 1.29 is 9.59 Å². The SMILES string of the molecule is CCNC(=O)c1cccc(NCC(=O)Nc2ccc(Br)cc2)c1. The molecule has 23 heavy (non-hydrogen) atoms. The molecule has 0 saturated carbocycles. The number of hydrogen-bond acceptors (Lipinski definition) is 3. The minimum absolute atomic E-state index is 0.120. The van der Waals surface area contributed by atoms with E-state index >= 15 is 0 Å². The van der Waals surface area contributed by atoms with Crippen LogP contribution in [0.25, 0.3) is 0 Å². The van der Waals surface area contributed by atoms with Crippen LogP contribution in [-0.4, -0.2) is 24.9 Å². The number of benzene rings is 2. The molecule has 0 aliphatic rings. The Morgan fingerprint density at radius 3 is 2.48 bits per heavy atom. The smallest absolute Gasteiger partial charge is 0.251 e. The van der Waals surface area contributed by atoms with Gasteiger partial charge in [0.15, 0.2) is 0 Å². The van der Waals surface area contributed by atoms with Crippen molar-refractivity contribution in [3.05, 3.63) is 58.6 Å². The van der Waals surface area contributed by atoms with Gasteiger partial charge in [0.1, 0.15) is 0 Å². The molecule has 2 amide bonds. The van der Waals surface area contributed by atoms with Crippen molar-refractivity contribution >= 4 is 39.1 Å². The van der Waals surface area contributed by atoms with Gasteiger partial charge in [-0.1, -0.05) is 22.0 Å². The fourth-order valence-corrected chi connectivity index (χ4v) is 2.22. The maximum absolute atomic E-state index is 11.9. The van der Waals surface area contributed by atoms with Crippen LogP contribution < -0.4 is 16.0 Å². The molecule has 0 radical (unpaired) electrons. The van der Waals surface area contributed by atoms with Crippen LogP contribution in [0.2, 0.25) is 0 Å². The highest BCUT2D eigenvalue weighted by Gasteiger charge is 2.06. The fraction of sp³-hybridized carbons (Fsp3) is 0.176. The Morgan fingerprint density at radius 2 is 1.78 bits per heavy atom. The highest BCUT2D eigenvalue weighted by Crippen LogP contribution is 2.14. The Balaban J connectivity index is 1.90. The quantitative estimate of drug-likeness (QED) is 0.725. The second-order valence-electron chi connectivity index (χ2n) is 4.85. The van der Waals surface area contributed by atoms with E-state index < -0.39 is 0 Å². The number of carbonyl (C=O) groups excluding carboxylic acids is 2. The van der Waals surface area contributed by atoms with Crippen LogP contribution in [0.15, 0.2) is 53.0 Å². The van der Waals surface area contributed by atoms with Crippen LogP contribution in [0, 0.1) is 0 Å². The Kier molecular flexibility index (Phi) is 6.17. The minimum Gasteiger partial charge on any atom is -0.376 e. The first kappa shape index (κ1) is 17.0. The van der Waals surface area contributed by atoms with Crippen LogP contribution in [0.5, 0.6) is 0 Å². The van der Waals surface area contributed by atoms with Crippen molar-refractivity contribution in [2.24, 2.45) is 0 Å². The maximum atomic E-state index is 11.9. The fourth-order valence-electron chi connectivity index (χ4n) is 1.95. The third-order valence-corrected chi connectivity index (χ3v) is 3.57. The van der Waals surface area contributed by atoms with Gasteiger partial charge in [-0.25, -0.2) is 0 Å². The summed E-state index contributed by atoms with van der Waals surface area (Å²) >= 11 is 3.34. The lowest BCUT2D eigenvalue weighted by atomic mass is 10.2. The zero-order valence-electron chi connectivity index (χ0n) is 12.7. The van der Waals surface area contributed by atoms with E-state index in [0.717, 1.165) is 15.8 Å². The summed E-state index contributed by atoms with van der Waals surface area (Å²) in [4.78, 5) is 23.7. The molecule has 0 spiro atoms. The van der Waals surface area contributed by atoms with E-state index in [1.54, 1.807) is 18.2 Å². The topological polar surface area (TPSA) is 70.2 Å². The van der Waals surface area contributed by atoms with Gasteiger partial charge in [0.25, 0.3) is 5.91 Å². The van der Waals surface area contributed by atoms with Gasteiger partial charge in [-0.2, -0.15) is 0 Å². The maximum Gasteiger partial charge on any atom is 0.251 e. The molecule has 0 atom stereocenters. The molecule has 0 saturated heterocycles. The first-order valence-electron chi connectivity index (χ1n) is 7.26. The molecule has 0 aromatic heterocycles. The lowest BCUT2D eigenvalue weighted by Crippen LogP contribution is -2.23. The average Bonchev–Trinajstić information content (AvgIpc) is 2.56. The first-order valence-corrected chi connectivity index (χ1v) is 8.05. The van der Waals surface area contributed by atoms with Crippen molar-refractivity contribution in [1.29, 1.82) is 0 Å². The van der Waals surface area contributed by atoms with Crippen molar-refractivity contribution in [1.82, 2.24) is 5.32 Å². The third-order valence-electron chi connectivity index (χ3n) is 3.04. The zero-order chi connectivity index (χ0) is 16.7. The van der Waals surface area contributed by atoms with E-state index in [1.807, 2.05) is 37.3 Å². The lowest BCUT2D eigenvalue weighted by Gasteiger charge is -2.09. The van der Waals surface area contributed by atoms with Gasteiger partial charge in [0.2, 0.25) is 5.91 Å². The predicted octanol–water partition coefficient (Wildman–Crippen LogP) is 3.25. The molecule has 120 valence electrons. The van der Waals surface area contributed by atoms with Crippen LogP contribution in [-0.2, 0) is 4.79 Å². The van der Waals surface area contributed by atoms with Crippen LogP contribution in [0.3, 0.4) is 0 Å². The summed E-state index contributed by atoms with van der Waals surface area (Å²) in [5, 5.41) is 8.55. The largest absolute Gasteiger partial charge is 0.376 e. The molecule has 6 heteroatoms. The van der Waals surface area contributed by atoms with Crippen molar-refractivity contribution in [3.63, 3.8) is 0 Å². The monoisotopic (exact) mass is 375 g/mol. The third kappa shape index (κ3) is 5.41. The molecular weight excluding hydrogens is 358 g/mol. The van der Waals surface area contributed by atoms with Crippen LogP contribution >= 0.6 is 15.9 Å². The summed E-state index contributed by atoms with van der Waals surface area (Å²) < 4.78 is 0.954. The van der Waals surface area contributed by atoms with Crippen molar-refractivity contribution in [2.45, 2.75) is 6.92 Å².